The van der Waals surface area contributed by atoms with E-state index >= 15 is 0 Å². The fourth-order valence-corrected chi connectivity index (χ4v) is 2.60. The Morgan fingerprint density at radius 3 is 2.50 bits per heavy atom. The van der Waals surface area contributed by atoms with Gasteiger partial charge in [0.1, 0.15) is 0 Å². The van der Waals surface area contributed by atoms with Crippen molar-refractivity contribution in [1.29, 1.82) is 0 Å². The molecule has 0 amide bonds. The molecule has 1 N–H and O–H groups in total. The van der Waals surface area contributed by atoms with E-state index in [0.29, 0.717) is 5.92 Å². The topological polar surface area (TPSA) is 12.0 Å². The molecule has 0 bridgehead atoms. The third-order valence-corrected chi connectivity index (χ3v) is 3.59. The monoisotopic (exact) mass is 257 g/mol. The zero-order valence-electron chi connectivity index (χ0n) is 10.4. The molecule has 0 fully saturated rings. The summed E-state index contributed by atoms with van der Waals surface area (Å²) in [5.74, 6) is 0.502. The van der Waals surface area contributed by atoms with Crippen LogP contribution in [0.15, 0.2) is 24.3 Å². The summed E-state index contributed by atoms with van der Waals surface area (Å²) in [6.45, 7) is 2.17. The van der Waals surface area contributed by atoms with Gasteiger partial charge in [-0.2, -0.15) is 13.2 Å². The molecule has 1 aliphatic rings. The van der Waals surface area contributed by atoms with E-state index in [1.54, 1.807) is 0 Å². The Labute approximate surface area is 105 Å². The Kier molecular flexibility index (Phi) is 3.95. The second-order valence-electron chi connectivity index (χ2n) is 4.98. The normalized spacial score (nSPS) is 23.8. The Hall–Kier alpha value is -1.03. The van der Waals surface area contributed by atoms with Crippen LogP contribution < -0.4 is 5.32 Å². The van der Waals surface area contributed by atoms with Gasteiger partial charge in [0.15, 0.2) is 0 Å². The largest absolute Gasteiger partial charge is 0.390 e. The lowest BCUT2D eigenvalue weighted by Crippen LogP contribution is -2.29. The van der Waals surface area contributed by atoms with Crippen molar-refractivity contribution in [3.8, 4) is 0 Å². The summed E-state index contributed by atoms with van der Waals surface area (Å²) in [4.78, 5) is 0. The van der Waals surface area contributed by atoms with Gasteiger partial charge < -0.3 is 5.32 Å². The van der Waals surface area contributed by atoms with Gasteiger partial charge in [0.25, 0.3) is 0 Å². The van der Waals surface area contributed by atoms with Gasteiger partial charge in [0.2, 0.25) is 0 Å². The van der Waals surface area contributed by atoms with Crippen LogP contribution in [0.1, 0.15) is 49.3 Å². The molecule has 0 saturated carbocycles. The molecule has 0 aromatic heterocycles. The maximum Gasteiger partial charge on any atom is 0.390 e. The predicted molar refractivity (Wildman–Crippen MR) is 65.5 cm³/mol. The number of alkyl halides is 3. The molecule has 2 rings (SSSR count). The molecule has 1 aromatic rings. The van der Waals surface area contributed by atoms with Crippen molar-refractivity contribution in [2.45, 2.75) is 44.3 Å². The number of benzene rings is 1. The van der Waals surface area contributed by atoms with Crippen LogP contribution in [-0.2, 0) is 0 Å². The standard InChI is InChI=1S/C14H18F3N/c1-10-6-7-13(18-9-8-14(15,16)17)12-5-3-2-4-11(10)12/h2-5,10,13,18H,6-9H2,1H3. The molecule has 0 radical (unpaired) electrons. The molecule has 4 heteroatoms. The summed E-state index contributed by atoms with van der Waals surface area (Å²) in [5, 5.41) is 3.03. The number of halogens is 3. The van der Waals surface area contributed by atoms with Crippen molar-refractivity contribution >= 4 is 0 Å². The van der Waals surface area contributed by atoms with E-state index in [1.165, 1.54) is 11.1 Å². The molecule has 2 unspecified atom stereocenters. The second kappa shape index (κ2) is 5.31. The van der Waals surface area contributed by atoms with Gasteiger partial charge in [-0.3, -0.25) is 0 Å². The van der Waals surface area contributed by atoms with E-state index in [9.17, 15) is 13.2 Å². The highest BCUT2D eigenvalue weighted by atomic mass is 19.4. The highest BCUT2D eigenvalue weighted by Crippen LogP contribution is 2.37. The lowest BCUT2D eigenvalue weighted by molar-refractivity contribution is -0.133. The van der Waals surface area contributed by atoms with Gasteiger partial charge in [0, 0.05) is 12.6 Å². The summed E-state index contributed by atoms with van der Waals surface area (Å²) in [6, 6.07) is 8.12. The minimum atomic E-state index is -4.07. The van der Waals surface area contributed by atoms with Crippen LogP contribution in [0, 0.1) is 0 Å². The molecule has 18 heavy (non-hydrogen) atoms. The van der Waals surface area contributed by atoms with E-state index in [0.717, 1.165) is 12.8 Å². The summed E-state index contributed by atoms with van der Waals surface area (Å²) in [7, 11) is 0. The SMILES string of the molecule is CC1CCC(NCCC(F)(F)F)c2ccccc21. The molecular weight excluding hydrogens is 239 g/mol. The van der Waals surface area contributed by atoms with Crippen LogP contribution in [0.25, 0.3) is 0 Å². The van der Waals surface area contributed by atoms with Crippen LogP contribution in [0.4, 0.5) is 13.2 Å². The fourth-order valence-electron chi connectivity index (χ4n) is 2.60. The maximum absolute atomic E-state index is 12.1. The first-order chi connectivity index (χ1) is 8.47. The third kappa shape index (κ3) is 3.25. The number of fused-ring (bicyclic) bond motifs is 1. The Bertz CT molecular complexity index is 400. The third-order valence-electron chi connectivity index (χ3n) is 3.59. The smallest absolute Gasteiger partial charge is 0.310 e. The molecule has 100 valence electrons. The lowest BCUT2D eigenvalue weighted by Gasteiger charge is -2.30. The molecule has 0 spiro atoms. The molecule has 0 saturated heterocycles. The van der Waals surface area contributed by atoms with Gasteiger partial charge >= 0.3 is 6.18 Å². The molecular formula is C14H18F3N. The molecule has 0 heterocycles. The van der Waals surface area contributed by atoms with Gasteiger partial charge in [-0.1, -0.05) is 31.2 Å². The van der Waals surface area contributed by atoms with Gasteiger partial charge in [-0.05, 0) is 29.9 Å². The van der Waals surface area contributed by atoms with E-state index in [-0.39, 0.29) is 12.6 Å². The molecule has 2 atom stereocenters. The summed E-state index contributed by atoms with van der Waals surface area (Å²) in [5.41, 5.74) is 2.44. The van der Waals surface area contributed by atoms with Crippen LogP contribution in [0.3, 0.4) is 0 Å². The summed E-state index contributed by atoms with van der Waals surface area (Å²) >= 11 is 0. The van der Waals surface area contributed by atoms with E-state index in [4.69, 9.17) is 0 Å². The van der Waals surface area contributed by atoms with Gasteiger partial charge in [-0.15, -0.1) is 0 Å². The fraction of sp³-hybridized carbons (Fsp3) is 0.571. The van der Waals surface area contributed by atoms with Crippen molar-refractivity contribution in [3.05, 3.63) is 35.4 Å². The van der Waals surface area contributed by atoms with E-state index < -0.39 is 12.6 Å². The Balaban J connectivity index is 2.01. The summed E-state index contributed by atoms with van der Waals surface area (Å²) in [6.07, 6.45) is -2.90. The van der Waals surface area contributed by atoms with Crippen molar-refractivity contribution in [3.63, 3.8) is 0 Å². The average molecular weight is 257 g/mol. The minimum Gasteiger partial charge on any atom is -0.310 e. The van der Waals surface area contributed by atoms with Crippen molar-refractivity contribution in [2.75, 3.05) is 6.54 Å². The quantitative estimate of drug-likeness (QED) is 0.857. The molecule has 1 aliphatic carbocycles. The van der Waals surface area contributed by atoms with Crippen LogP contribution in [-0.4, -0.2) is 12.7 Å². The van der Waals surface area contributed by atoms with Crippen LogP contribution >= 0.6 is 0 Å². The van der Waals surface area contributed by atoms with Crippen LogP contribution in [0.5, 0.6) is 0 Å². The zero-order valence-corrected chi connectivity index (χ0v) is 10.4. The van der Waals surface area contributed by atoms with Gasteiger partial charge in [-0.25, -0.2) is 0 Å². The highest BCUT2D eigenvalue weighted by molar-refractivity contribution is 5.34. The Morgan fingerprint density at radius 1 is 1.17 bits per heavy atom. The van der Waals surface area contributed by atoms with Crippen LogP contribution in [0.2, 0.25) is 0 Å². The number of hydrogen-bond donors (Lipinski definition) is 1. The molecule has 1 nitrogen and oxygen atoms in total. The average Bonchev–Trinajstić information content (AvgIpc) is 2.31. The maximum atomic E-state index is 12.1. The molecule has 0 aliphatic heterocycles. The van der Waals surface area contributed by atoms with Crippen molar-refractivity contribution in [1.82, 2.24) is 5.32 Å². The van der Waals surface area contributed by atoms with E-state index in [1.807, 2.05) is 18.2 Å². The number of rotatable bonds is 3. The Morgan fingerprint density at radius 2 is 1.83 bits per heavy atom. The minimum absolute atomic E-state index is 0.00309. The predicted octanol–water partition coefficient (Wildman–Crippen LogP) is 4.17. The first-order valence-electron chi connectivity index (χ1n) is 6.36. The van der Waals surface area contributed by atoms with E-state index in [2.05, 4.69) is 18.3 Å². The highest BCUT2D eigenvalue weighted by Gasteiger charge is 2.28. The van der Waals surface area contributed by atoms with Gasteiger partial charge in [0.05, 0.1) is 6.42 Å². The van der Waals surface area contributed by atoms with Crippen molar-refractivity contribution in [2.24, 2.45) is 0 Å². The first-order valence-corrected chi connectivity index (χ1v) is 6.36. The zero-order chi connectivity index (χ0) is 13.2. The number of nitrogens with one attached hydrogen (secondary N) is 1. The second-order valence-corrected chi connectivity index (χ2v) is 4.98. The van der Waals surface area contributed by atoms with Crippen molar-refractivity contribution < 1.29 is 13.2 Å². The molecule has 1 aromatic carbocycles. The summed E-state index contributed by atoms with van der Waals surface area (Å²) < 4.78 is 36.4. The number of hydrogen-bond acceptors (Lipinski definition) is 1. The lowest BCUT2D eigenvalue weighted by atomic mass is 9.81. The first kappa shape index (κ1) is 13.4.